The van der Waals surface area contributed by atoms with Crippen LogP contribution < -0.4 is 9.62 Å². The molecule has 7 nitrogen and oxygen atoms in total. The van der Waals surface area contributed by atoms with E-state index in [-0.39, 0.29) is 11.6 Å². The Kier molecular flexibility index (Phi) is 6.97. The number of aromatic nitrogens is 2. The Morgan fingerprint density at radius 2 is 1.83 bits per heavy atom. The molecule has 1 atom stereocenters. The molecule has 0 bridgehead atoms. The van der Waals surface area contributed by atoms with Gasteiger partial charge in [-0.05, 0) is 36.8 Å². The van der Waals surface area contributed by atoms with Crippen molar-refractivity contribution in [3.05, 3.63) is 58.6 Å². The molecule has 0 radical (unpaired) electrons. The molecule has 30 heavy (non-hydrogen) atoms. The van der Waals surface area contributed by atoms with E-state index >= 15 is 0 Å². The van der Waals surface area contributed by atoms with Gasteiger partial charge in [-0.2, -0.15) is 0 Å². The number of nitrogens with zero attached hydrogens (tertiary/aromatic N) is 3. The van der Waals surface area contributed by atoms with Gasteiger partial charge in [0.15, 0.2) is 0 Å². The lowest BCUT2D eigenvalue weighted by molar-refractivity contribution is -0.117. The first kappa shape index (κ1) is 22.5. The van der Waals surface area contributed by atoms with Gasteiger partial charge in [0.2, 0.25) is 21.1 Å². The normalized spacial score (nSPS) is 12.4. The van der Waals surface area contributed by atoms with E-state index in [4.69, 9.17) is 23.2 Å². The standard InChI is InChI=1S/C19H18Cl2N4O3S2/c1-3-16(25(30(2,27)28)15-6-4-5-14(21)11-15)17(26)22-19-24-23-18(29-19)12-7-9-13(20)10-8-12/h4-11,16H,3H2,1-2H3,(H,22,24,26)/t16-/m0/s1. The minimum absolute atomic E-state index is 0.244. The molecule has 11 heteroatoms. The Labute approximate surface area is 188 Å². The maximum Gasteiger partial charge on any atom is 0.250 e. The molecule has 0 unspecified atom stereocenters. The van der Waals surface area contributed by atoms with Crippen LogP contribution in [0.15, 0.2) is 48.5 Å². The maximum atomic E-state index is 13.0. The van der Waals surface area contributed by atoms with Crippen molar-refractivity contribution in [3.8, 4) is 10.6 Å². The summed E-state index contributed by atoms with van der Waals surface area (Å²) in [5.41, 5.74) is 1.12. The molecular weight excluding hydrogens is 467 g/mol. The van der Waals surface area contributed by atoms with E-state index in [1.165, 1.54) is 17.4 Å². The number of anilines is 2. The first-order chi connectivity index (χ1) is 14.2. The first-order valence-electron chi connectivity index (χ1n) is 8.84. The van der Waals surface area contributed by atoms with E-state index in [2.05, 4.69) is 15.5 Å². The van der Waals surface area contributed by atoms with Crippen LogP contribution in [0, 0.1) is 0 Å². The minimum atomic E-state index is -3.76. The lowest BCUT2D eigenvalue weighted by Gasteiger charge is -2.29. The Morgan fingerprint density at radius 3 is 2.43 bits per heavy atom. The summed E-state index contributed by atoms with van der Waals surface area (Å²) >= 11 is 13.1. The zero-order chi connectivity index (χ0) is 21.9. The summed E-state index contributed by atoms with van der Waals surface area (Å²) in [6.45, 7) is 1.73. The van der Waals surface area contributed by atoms with Gasteiger partial charge in [0.05, 0.1) is 11.9 Å². The topological polar surface area (TPSA) is 92.3 Å². The van der Waals surface area contributed by atoms with E-state index in [1.54, 1.807) is 49.4 Å². The highest BCUT2D eigenvalue weighted by atomic mass is 35.5. The molecule has 3 aromatic rings. The average Bonchev–Trinajstić information content (AvgIpc) is 3.13. The SMILES string of the molecule is CC[C@@H](C(=O)Nc1nnc(-c2ccc(Cl)cc2)s1)N(c1cccc(Cl)c1)S(C)(=O)=O. The summed E-state index contributed by atoms with van der Waals surface area (Å²) in [6, 6.07) is 12.4. The number of amides is 1. The number of rotatable bonds is 7. The molecule has 0 saturated carbocycles. The van der Waals surface area contributed by atoms with Crippen LogP contribution in [0.5, 0.6) is 0 Å². The second-order valence-electron chi connectivity index (χ2n) is 6.37. The van der Waals surface area contributed by atoms with Crippen molar-refractivity contribution in [1.29, 1.82) is 0 Å². The highest BCUT2D eigenvalue weighted by Gasteiger charge is 2.32. The average molecular weight is 485 g/mol. The van der Waals surface area contributed by atoms with Crippen LogP contribution in [0.2, 0.25) is 10.0 Å². The van der Waals surface area contributed by atoms with Crippen LogP contribution in [0.4, 0.5) is 10.8 Å². The molecule has 0 aliphatic heterocycles. The highest BCUT2D eigenvalue weighted by Crippen LogP contribution is 2.29. The molecule has 1 N–H and O–H groups in total. The van der Waals surface area contributed by atoms with Crippen molar-refractivity contribution in [3.63, 3.8) is 0 Å². The van der Waals surface area contributed by atoms with E-state index < -0.39 is 22.0 Å². The number of sulfonamides is 1. The number of benzene rings is 2. The molecule has 0 aliphatic rings. The van der Waals surface area contributed by atoms with Crippen molar-refractivity contribution in [1.82, 2.24) is 10.2 Å². The van der Waals surface area contributed by atoms with Crippen molar-refractivity contribution in [2.24, 2.45) is 0 Å². The zero-order valence-corrected chi connectivity index (χ0v) is 19.2. The molecule has 0 saturated heterocycles. The van der Waals surface area contributed by atoms with Crippen LogP contribution in [0.25, 0.3) is 10.6 Å². The third-order valence-corrected chi connectivity index (χ3v) is 6.69. The molecule has 0 fully saturated rings. The van der Waals surface area contributed by atoms with Gasteiger partial charge in [0, 0.05) is 15.6 Å². The lowest BCUT2D eigenvalue weighted by Crippen LogP contribution is -2.47. The fourth-order valence-electron chi connectivity index (χ4n) is 2.85. The molecule has 1 aromatic heterocycles. The highest BCUT2D eigenvalue weighted by molar-refractivity contribution is 7.92. The van der Waals surface area contributed by atoms with Gasteiger partial charge in [0.25, 0.3) is 0 Å². The molecule has 0 spiro atoms. The smallest absolute Gasteiger partial charge is 0.250 e. The number of hydrogen-bond acceptors (Lipinski definition) is 6. The van der Waals surface area contributed by atoms with E-state index in [0.29, 0.717) is 20.7 Å². The van der Waals surface area contributed by atoms with Crippen LogP contribution in [0.1, 0.15) is 13.3 Å². The fraction of sp³-hybridized carbons (Fsp3) is 0.211. The summed E-state index contributed by atoms with van der Waals surface area (Å²) in [5, 5.41) is 12.6. The van der Waals surface area contributed by atoms with Gasteiger partial charge in [-0.25, -0.2) is 8.42 Å². The lowest BCUT2D eigenvalue weighted by atomic mass is 10.2. The quantitative estimate of drug-likeness (QED) is 0.524. The van der Waals surface area contributed by atoms with Gasteiger partial charge < -0.3 is 0 Å². The predicted octanol–water partition coefficient (Wildman–Crippen LogP) is 4.70. The summed E-state index contributed by atoms with van der Waals surface area (Å²) < 4.78 is 26.0. The third-order valence-electron chi connectivity index (χ3n) is 4.14. The predicted molar refractivity (Wildman–Crippen MR) is 122 cm³/mol. The fourth-order valence-corrected chi connectivity index (χ4v) is 5.11. The molecule has 2 aromatic carbocycles. The Hall–Kier alpha value is -2.20. The number of carbonyl (C=O) groups excluding carboxylic acids is 1. The molecule has 158 valence electrons. The van der Waals surface area contributed by atoms with E-state index in [9.17, 15) is 13.2 Å². The molecular formula is C19H18Cl2N4O3S2. The Morgan fingerprint density at radius 1 is 1.13 bits per heavy atom. The van der Waals surface area contributed by atoms with Crippen molar-refractivity contribution < 1.29 is 13.2 Å². The van der Waals surface area contributed by atoms with Crippen LogP contribution in [0.3, 0.4) is 0 Å². The molecule has 3 rings (SSSR count). The Bertz CT molecular complexity index is 1150. The van der Waals surface area contributed by atoms with Gasteiger partial charge in [0.1, 0.15) is 11.0 Å². The van der Waals surface area contributed by atoms with E-state index in [1.807, 2.05) is 0 Å². The van der Waals surface area contributed by atoms with Crippen molar-refractivity contribution >= 4 is 61.3 Å². The summed E-state index contributed by atoms with van der Waals surface area (Å²) in [7, 11) is -3.76. The summed E-state index contributed by atoms with van der Waals surface area (Å²) in [6.07, 6.45) is 1.29. The van der Waals surface area contributed by atoms with Crippen LogP contribution in [-0.2, 0) is 14.8 Å². The monoisotopic (exact) mass is 484 g/mol. The van der Waals surface area contributed by atoms with Crippen molar-refractivity contribution in [2.45, 2.75) is 19.4 Å². The Balaban J connectivity index is 1.85. The number of hydrogen-bond donors (Lipinski definition) is 1. The molecule has 0 aliphatic carbocycles. The van der Waals surface area contributed by atoms with Gasteiger partial charge in [-0.3, -0.25) is 14.4 Å². The van der Waals surface area contributed by atoms with Crippen LogP contribution in [-0.4, -0.2) is 36.8 Å². The number of nitrogens with one attached hydrogen (secondary N) is 1. The third kappa shape index (κ3) is 5.28. The second-order valence-corrected chi connectivity index (χ2v) is 10.1. The van der Waals surface area contributed by atoms with Gasteiger partial charge in [-0.15, -0.1) is 10.2 Å². The van der Waals surface area contributed by atoms with Crippen LogP contribution >= 0.6 is 34.5 Å². The largest absolute Gasteiger partial charge is 0.299 e. The summed E-state index contributed by atoms with van der Waals surface area (Å²) in [5.74, 6) is -0.512. The van der Waals surface area contributed by atoms with E-state index in [0.717, 1.165) is 16.1 Å². The van der Waals surface area contributed by atoms with Gasteiger partial charge >= 0.3 is 0 Å². The maximum absolute atomic E-state index is 13.0. The number of carbonyl (C=O) groups is 1. The summed E-state index contributed by atoms with van der Waals surface area (Å²) in [4.78, 5) is 13.0. The first-order valence-corrected chi connectivity index (χ1v) is 12.3. The van der Waals surface area contributed by atoms with Gasteiger partial charge in [-0.1, -0.05) is 59.7 Å². The minimum Gasteiger partial charge on any atom is -0.299 e. The molecule has 1 amide bonds. The number of halogens is 2. The molecule has 1 heterocycles. The second kappa shape index (κ2) is 9.30. The zero-order valence-electron chi connectivity index (χ0n) is 16.0. The van der Waals surface area contributed by atoms with Crippen molar-refractivity contribution in [2.75, 3.05) is 15.9 Å².